The molecule has 1 aliphatic rings. The van der Waals surface area contributed by atoms with E-state index in [9.17, 15) is 4.79 Å². The number of anilines is 2. The van der Waals surface area contributed by atoms with Crippen molar-refractivity contribution in [3.05, 3.63) is 49.1 Å². The molecule has 1 aromatic carbocycles. The predicted molar refractivity (Wildman–Crippen MR) is 113 cm³/mol. The number of rotatable bonds is 3. The van der Waals surface area contributed by atoms with Gasteiger partial charge in [0.15, 0.2) is 0 Å². The highest BCUT2D eigenvalue weighted by atomic mass is 35.5. The summed E-state index contributed by atoms with van der Waals surface area (Å²) in [5.74, 6) is -0.557. The molecule has 2 heterocycles. The zero-order valence-corrected chi connectivity index (χ0v) is 18.0. The van der Waals surface area contributed by atoms with Crippen molar-refractivity contribution in [1.82, 2.24) is 9.88 Å². The molecule has 0 aliphatic carbocycles. The topological polar surface area (TPSA) is 48.5 Å². The van der Waals surface area contributed by atoms with E-state index in [0.29, 0.717) is 10.7 Å². The standard InChI is InChI=1S/C17H15Cl5N4O/c1-25-4-6-26(7-5-25)11-3-2-9(18)8-10(11)23-17(27)15-13(20)12(19)14(21)16(22)24-15/h2-3,8H,4-7H2,1H3,(H,23,27). The summed E-state index contributed by atoms with van der Waals surface area (Å²) >= 11 is 30.1. The van der Waals surface area contributed by atoms with Crippen molar-refractivity contribution in [2.24, 2.45) is 0 Å². The summed E-state index contributed by atoms with van der Waals surface area (Å²) in [7, 11) is 2.07. The van der Waals surface area contributed by atoms with Gasteiger partial charge in [0.1, 0.15) is 10.8 Å². The number of benzene rings is 1. The van der Waals surface area contributed by atoms with E-state index in [-0.39, 0.29) is 25.9 Å². The van der Waals surface area contributed by atoms with E-state index in [2.05, 4.69) is 27.1 Å². The van der Waals surface area contributed by atoms with Crippen molar-refractivity contribution < 1.29 is 4.79 Å². The van der Waals surface area contributed by atoms with Crippen molar-refractivity contribution in [2.75, 3.05) is 43.4 Å². The molecule has 3 rings (SSSR count). The maximum atomic E-state index is 12.8. The number of nitrogens with one attached hydrogen (secondary N) is 1. The monoisotopic (exact) mass is 466 g/mol. The second-order valence-electron chi connectivity index (χ2n) is 6.10. The number of halogens is 5. The molecule has 27 heavy (non-hydrogen) atoms. The molecule has 144 valence electrons. The molecule has 0 spiro atoms. The molecule has 0 unspecified atom stereocenters. The van der Waals surface area contributed by atoms with Gasteiger partial charge in [-0.05, 0) is 25.2 Å². The van der Waals surface area contributed by atoms with Crippen LogP contribution < -0.4 is 10.2 Å². The van der Waals surface area contributed by atoms with E-state index in [4.69, 9.17) is 58.0 Å². The van der Waals surface area contributed by atoms with Crippen LogP contribution >= 0.6 is 58.0 Å². The second kappa shape index (κ2) is 8.60. The molecule has 1 saturated heterocycles. The molecular weight excluding hydrogens is 453 g/mol. The van der Waals surface area contributed by atoms with Crippen LogP contribution in [0.5, 0.6) is 0 Å². The third-order valence-electron chi connectivity index (χ3n) is 4.25. The average Bonchev–Trinajstić information content (AvgIpc) is 2.64. The summed E-state index contributed by atoms with van der Waals surface area (Å²) < 4.78 is 0. The molecule has 10 heteroatoms. The number of hydrogen-bond acceptors (Lipinski definition) is 4. The van der Waals surface area contributed by atoms with Crippen molar-refractivity contribution in [3.63, 3.8) is 0 Å². The van der Waals surface area contributed by atoms with Crippen LogP contribution in [-0.4, -0.2) is 49.0 Å². The molecule has 1 fully saturated rings. The van der Waals surface area contributed by atoms with Gasteiger partial charge in [0.2, 0.25) is 0 Å². The number of piperazine rings is 1. The highest BCUT2D eigenvalue weighted by molar-refractivity contribution is 6.52. The van der Waals surface area contributed by atoms with Gasteiger partial charge in [-0.3, -0.25) is 4.79 Å². The van der Waals surface area contributed by atoms with Gasteiger partial charge in [-0.25, -0.2) is 4.98 Å². The first-order chi connectivity index (χ1) is 12.8. The lowest BCUT2D eigenvalue weighted by Crippen LogP contribution is -2.44. The van der Waals surface area contributed by atoms with Crippen LogP contribution in [0.4, 0.5) is 11.4 Å². The third-order valence-corrected chi connectivity index (χ3v) is 6.16. The van der Waals surface area contributed by atoms with Crippen LogP contribution in [0.15, 0.2) is 18.2 Å². The maximum Gasteiger partial charge on any atom is 0.275 e. The Morgan fingerprint density at radius 1 is 1.00 bits per heavy atom. The van der Waals surface area contributed by atoms with Crippen LogP contribution in [-0.2, 0) is 0 Å². The largest absolute Gasteiger partial charge is 0.367 e. The van der Waals surface area contributed by atoms with Gasteiger partial charge in [0.05, 0.1) is 26.4 Å². The summed E-state index contributed by atoms with van der Waals surface area (Å²) in [6.45, 7) is 3.51. The minimum atomic E-state index is -0.557. The molecule has 2 aromatic rings. The van der Waals surface area contributed by atoms with Crippen molar-refractivity contribution in [2.45, 2.75) is 0 Å². The Morgan fingerprint density at radius 3 is 2.33 bits per heavy atom. The summed E-state index contributed by atoms with van der Waals surface area (Å²) in [5.41, 5.74) is 1.31. The highest BCUT2D eigenvalue weighted by Crippen LogP contribution is 2.37. The SMILES string of the molecule is CN1CCN(c2ccc(Cl)cc2NC(=O)c2nc(Cl)c(Cl)c(Cl)c2Cl)CC1. The van der Waals surface area contributed by atoms with Gasteiger partial charge in [-0.1, -0.05) is 58.0 Å². The van der Waals surface area contributed by atoms with Gasteiger partial charge in [0, 0.05) is 31.2 Å². The van der Waals surface area contributed by atoms with Crippen LogP contribution in [0.2, 0.25) is 25.2 Å². The number of amides is 1. The summed E-state index contributed by atoms with van der Waals surface area (Å²) in [5, 5.41) is 3.12. The van der Waals surface area contributed by atoms with E-state index in [0.717, 1.165) is 31.9 Å². The van der Waals surface area contributed by atoms with Crippen molar-refractivity contribution in [3.8, 4) is 0 Å². The summed E-state index contributed by atoms with van der Waals surface area (Å²) in [6, 6.07) is 5.34. The van der Waals surface area contributed by atoms with Crippen molar-refractivity contribution in [1.29, 1.82) is 0 Å². The van der Waals surface area contributed by atoms with Crippen LogP contribution in [0, 0.1) is 0 Å². The number of aromatic nitrogens is 1. The van der Waals surface area contributed by atoms with Crippen LogP contribution in [0.1, 0.15) is 10.5 Å². The minimum Gasteiger partial charge on any atom is -0.367 e. The van der Waals surface area contributed by atoms with Gasteiger partial charge < -0.3 is 15.1 Å². The number of carbonyl (C=O) groups excluding carboxylic acids is 1. The number of hydrogen-bond donors (Lipinski definition) is 1. The zero-order valence-electron chi connectivity index (χ0n) is 14.2. The fraction of sp³-hybridized carbons (Fsp3) is 0.294. The smallest absolute Gasteiger partial charge is 0.275 e. The Balaban J connectivity index is 1.92. The molecule has 1 amide bonds. The van der Waals surface area contributed by atoms with Crippen LogP contribution in [0.3, 0.4) is 0 Å². The lowest BCUT2D eigenvalue weighted by molar-refractivity contribution is 0.102. The molecule has 0 radical (unpaired) electrons. The fourth-order valence-electron chi connectivity index (χ4n) is 2.75. The molecule has 0 atom stereocenters. The van der Waals surface area contributed by atoms with Crippen molar-refractivity contribution >= 4 is 75.3 Å². The molecule has 0 saturated carbocycles. The Bertz CT molecular complexity index is 884. The third kappa shape index (κ3) is 4.56. The number of carbonyl (C=O) groups is 1. The predicted octanol–water partition coefficient (Wildman–Crippen LogP) is 5.35. The lowest BCUT2D eigenvalue weighted by atomic mass is 10.2. The first-order valence-electron chi connectivity index (χ1n) is 8.02. The Labute approximate surface area is 182 Å². The van der Waals surface area contributed by atoms with Gasteiger partial charge in [-0.15, -0.1) is 0 Å². The van der Waals surface area contributed by atoms with E-state index in [1.54, 1.807) is 12.1 Å². The van der Waals surface area contributed by atoms with Gasteiger partial charge in [-0.2, -0.15) is 0 Å². The molecular formula is C17H15Cl5N4O. The number of pyridine rings is 1. The fourth-order valence-corrected chi connectivity index (χ4v) is 3.74. The van der Waals surface area contributed by atoms with Crippen LogP contribution in [0.25, 0.3) is 0 Å². The van der Waals surface area contributed by atoms with E-state index < -0.39 is 5.91 Å². The summed E-state index contributed by atoms with van der Waals surface area (Å²) in [6.07, 6.45) is 0. The highest BCUT2D eigenvalue weighted by Gasteiger charge is 2.23. The molecule has 1 aliphatic heterocycles. The van der Waals surface area contributed by atoms with E-state index in [1.807, 2.05) is 6.07 Å². The quantitative estimate of drug-likeness (QED) is 0.617. The first kappa shape index (κ1) is 20.8. The Kier molecular flexibility index (Phi) is 6.62. The van der Waals surface area contributed by atoms with Gasteiger partial charge >= 0.3 is 0 Å². The normalized spacial score (nSPS) is 15.1. The summed E-state index contributed by atoms with van der Waals surface area (Å²) in [4.78, 5) is 21.1. The Hall–Kier alpha value is -0.950. The van der Waals surface area contributed by atoms with E-state index in [1.165, 1.54) is 0 Å². The first-order valence-corrected chi connectivity index (χ1v) is 9.91. The zero-order chi connectivity index (χ0) is 19.7. The maximum absolute atomic E-state index is 12.8. The number of likely N-dealkylation sites (N-methyl/N-ethyl adjacent to an activating group) is 1. The molecule has 1 N–H and O–H groups in total. The molecule has 1 aromatic heterocycles. The Morgan fingerprint density at radius 2 is 1.67 bits per heavy atom. The minimum absolute atomic E-state index is 0.000708. The number of nitrogens with zero attached hydrogens (tertiary/aromatic N) is 3. The van der Waals surface area contributed by atoms with E-state index >= 15 is 0 Å². The van der Waals surface area contributed by atoms with Gasteiger partial charge in [0.25, 0.3) is 5.91 Å². The average molecular weight is 469 g/mol. The lowest BCUT2D eigenvalue weighted by Gasteiger charge is -2.35. The molecule has 0 bridgehead atoms. The second-order valence-corrected chi connectivity index (χ2v) is 8.03. The molecule has 5 nitrogen and oxygen atoms in total.